The van der Waals surface area contributed by atoms with E-state index in [1.807, 2.05) is 55.1 Å². The van der Waals surface area contributed by atoms with E-state index in [1.54, 1.807) is 12.1 Å². The predicted molar refractivity (Wildman–Crippen MR) is 136 cm³/mol. The fraction of sp³-hybridized carbons (Fsp3) is 0.360. The molecule has 0 radical (unpaired) electrons. The second-order valence-electron chi connectivity index (χ2n) is 8.47. The lowest BCUT2D eigenvalue weighted by Gasteiger charge is -2.37. The Morgan fingerprint density at radius 2 is 1.68 bits per heavy atom. The summed E-state index contributed by atoms with van der Waals surface area (Å²) >= 11 is 5.34. The number of anilines is 2. The van der Waals surface area contributed by atoms with Crippen LogP contribution < -0.4 is 15.5 Å². The van der Waals surface area contributed by atoms with Crippen LogP contribution in [0.25, 0.3) is 0 Å². The van der Waals surface area contributed by atoms with Crippen molar-refractivity contribution in [2.75, 3.05) is 43.5 Å². The van der Waals surface area contributed by atoms with E-state index in [0.717, 1.165) is 5.69 Å². The molecule has 34 heavy (non-hydrogen) atoms. The molecular formula is C25H30N4O4S. The number of nitrogens with one attached hydrogen (secondary N) is 2. The molecule has 1 aliphatic heterocycles. The van der Waals surface area contributed by atoms with Gasteiger partial charge in [-0.05, 0) is 48.5 Å². The summed E-state index contributed by atoms with van der Waals surface area (Å²) in [6.45, 7) is 6.24. The first-order valence-electron chi connectivity index (χ1n) is 11.2. The van der Waals surface area contributed by atoms with Gasteiger partial charge in [0, 0.05) is 38.2 Å². The van der Waals surface area contributed by atoms with Crippen LogP contribution in [0.4, 0.5) is 11.4 Å². The van der Waals surface area contributed by atoms with Crippen LogP contribution in [0.2, 0.25) is 0 Å². The molecule has 0 bridgehead atoms. The zero-order valence-corrected chi connectivity index (χ0v) is 20.5. The van der Waals surface area contributed by atoms with Crippen LogP contribution in [0.5, 0.6) is 0 Å². The Bertz CT molecular complexity index is 1050. The van der Waals surface area contributed by atoms with Crippen molar-refractivity contribution >= 4 is 46.5 Å². The Morgan fingerprint density at radius 1 is 1.00 bits per heavy atom. The van der Waals surface area contributed by atoms with Gasteiger partial charge in [-0.3, -0.25) is 9.59 Å². The fourth-order valence-corrected chi connectivity index (χ4v) is 4.00. The third kappa shape index (κ3) is 6.54. The topological polar surface area (TPSA) is 91.0 Å². The van der Waals surface area contributed by atoms with Gasteiger partial charge in [0.05, 0.1) is 24.0 Å². The van der Waals surface area contributed by atoms with Gasteiger partial charge in [-0.1, -0.05) is 32.0 Å². The SMILES string of the molecule is COC(=O)c1ccc(N2CCN(C(=O)c3ccccc3)CC2)c(NC(=S)NC(=O)CC(C)C)c1. The van der Waals surface area contributed by atoms with Gasteiger partial charge in [-0.15, -0.1) is 0 Å². The van der Waals surface area contributed by atoms with Crippen LogP contribution in [0.3, 0.4) is 0 Å². The number of ether oxygens (including phenoxy) is 1. The molecule has 2 aromatic rings. The third-order valence-electron chi connectivity index (χ3n) is 5.44. The largest absolute Gasteiger partial charge is 0.465 e. The molecule has 0 saturated carbocycles. The summed E-state index contributed by atoms with van der Waals surface area (Å²) in [5, 5.41) is 5.91. The van der Waals surface area contributed by atoms with E-state index >= 15 is 0 Å². The van der Waals surface area contributed by atoms with Crippen molar-refractivity contribution in [1.29, 1.82) is 0 Å². The zero-order valence-electron chi connectivity index (χ0n) is 19.7. The number of benzene rings is 2. The second kappa shape index (κ2) is 11.6. The van der Waals surface area contributed by atoms with Crippen LogP contribution in [0.15, 0.2) is 48.5 Å². The lowest BCUT2D eigenvalue weighted by Crippen LogP contribution is -2.49. The number of carbonyl (C=O) groups is 3. The van der Waals surface area contributed by atoms with Crippen molar-refractivity contribution in [2.24, 2.45) is 5.92 Å². The molecule has 180 valence electrons. The Morgan fingerprint density at radius 3 is 2.29 bits per heavy atom. The quantitative estimate of drug-likeness (QED) is 0.482. The maximum Gasteiger partial charge on any atom is 0.337 e. The second-order valence-corrected chi connectivity index (χ2v) is 8.88. The lowest BCUT2D eigenvalue weighted by atomic mass is 10.1. The highest BCUT2D eigenvalue weighted by molar-refractivity contribution is 7.80. The Balaban J connectivity index is 1.74. The van der Waals surface area contributed by atoms with Crippen LogP contribution >= 0.6 is 12.2 Å². The first-order valence-corrected chi connectivity index (χ1v) is 11.6. The van der Waals surface area contributed by atoms with Crippen molar-refractivity contribution in [3.05, 3.63) is 59.7 Å². The number of carbonyl (C=O) groups excluding carboxylic acids is 3. The number of thiocarbonyl (C=S) groups is 1. The zero-order chi connectivity index (χ0) is 24.7. The summed E-state index contributed by atoms with van der Waals surface area (Å²) in [5.41, 5.74) is 2.44. The predicted octanol–water partition coefficient (Wildman–Crippen LogP) is 3.29. The first-order chi connectivity index (χ1) is 16.3. The number of methoxy groups -OCH3 is 1. The number of hydrogen-bond acceptors (Lipinski definition) is 6. The van der Waals surface area contributed by atoms with Crippen molar-refractivity contribution in [3.63, 3.8) is 0 Å². The normalized spacial score (nSPS) is 13.4. The molecule has 3 rings (SSSR count). The molecule has 0 spiro atoms. The van der Waals surface area contributed by atoms with Gasteiger partial charge in [0.2, 0.25) is 5.91 Å². The van der Waals surface area contributed by atoms with Crippen LogP contribution in [-0.4, -0.2) is 61.1 Å². The molecule has 2 N–H and O–H groups in total. The third-order valence-corrected chi connectivity index (χ3v) is 5.64. The fourth-order valence-electron chi connectivity index (χ4n) is 3.77. The standard InChI is InChI=1S/C25H30N4O4S/c1-17(2)15-22(30)27-25(34)26-20-16-19(24(32)33-3)9-10-21(20)28-11-13-29(14-12-28)23(31)18-7-5-4-6-8-18/h4-10,16-17H,11-15H2,1-3H3,(H2,26,27,30,34). The first kappa shape index (κ1) is 25.2. The summed E-state index contributed by atoms with van der Waals surface area (Å²) in [6.07, 6.45) is 0.355. The van der Waals surface area contributed by atoms with Gasteiger partial charge < -0.3 is 25.2 Å². The summed E-state index contributed by atoms with van der Waals surface area (Å²) in [4.78, 5) is 40.9. The number of nitrogens with zero attached hydrogens (tertiary/aromatic N) is 2. The van der Waals surface area contributed by atoms with Crippen LogP contribution in [-0.2, 0) is 9.53 Å². The molecule has 0 unspecified atom stereocenters. The molecule has 0 atom stereocenters. The molecule has 1 fully saturated rings. The molecule has 1 aliphatic rings. The van der Waals surface area contributed by atoms with E-state index in [-0.39, 0.29) is 22.8 Å². The molecule has 8 nitrogen and oxygen atoms in total. The van der Waals surface area contributed by atoms with Gasteiger partial charge >= 0.3 is 5.97 Å². The maximum absolute atomic E-state index is 12.8. The van der Waals surface area contributed by atoms with Crippen LogP contribution in [0.1, 0.15) is 41.0 Å². The van der Waals surface area contributed by atoms with E-state index in [2.05, 4.69) is 15.5 Å². The van der Waals surface area contributed by atoms with E-state index in [9.17, 15) is 14.4 Å². The summed E-state index contributed by atoms with van der Waals surface area (Å²) in [5.74, 6) is -0.432. The molecule has 2 amide bonds. The van der Waals surface area contributed by atoms with Crippen molar-refractivity contribution in [2.45, 2.75) is 20.3 Å². The van der Waals surface area contributed by atoms with Gasteiger partial charge in [0.25, 0.3) is 5.91 Å². The summed E-state index contributed by atoms with van der Waals surface area (Å²) < 4.78 is 4.85. The smallest absolute Gasteiger partial charge is 0.337 e. The molecule has 0 aliphatic carbocycles. The monoisotopic (exact) mass is 482 g/mol. The minimum atomic E-state index is -0.470. The molecule has 0 aromatic heterocycles. The molecule has 1 heterocycles. The van der Waals surface area contributed by atoms with E-state index in [0.29, 0.717) is 49.4 Å². The highest BCUT2D eigenvalue weighted by Crippen LogP contribution is 2.29. The molecule has 1 saturated heterocycles. The highest BCUT2D eigenvalue weighted by atomic mass is 32.1. The highest BCUT2D eigenvalue weighted by Gasteiger charge is 2.24. The number of esters is 1. The Labute approximate surface area is 205 Å². The molecular weight excluding hydrogens is 452 g/mol. The van der Waals surface area contributed by atoms with E-state index in [1.165, 1.54) is 7.11 Å². The lowest BCUT2D eigenvalue weighted by molar-refractivity contribution is -0.120. The minimum absolute atomic E-state index is 0.00804. The number of piperazine rings is 1. The average molecular weight is 483 g/mol. The Kier molecular flexibility index (Phi) is 8.59. The van der Waals surface area contributed by atoms with Crippen molar-refractivity contribution < 1.29 is 19.1 Å². The van der Waals surface area contributed by atoms with Gasteiger partial charge in [-0.2, -0.15) is 0 Å². The number of rotatable bonds is 6. The number of hydrogen-bond donors (Lipinski definition) is 2. The van der Waals surface area contributed by atoms with Crippen molar-refractivity contribution in [1.82, 2.24) is 10.2 Å². The number of amides is 2. The van der Waals surface area contributed by atoms with Gasteiger partial charge in [0.1, 0.15) is 0 Å². The van der Waals surface area contributed by atoms with Crippen molar-refractivity contribution in [3.8, 4) is 0 Å². The molecule has 2 aromatic carbocycles. The summed E-state index contributed by atoms with van der Waals surface area (Å²) in [6, 6.07) is 14.4. The maximum atomic E-state index is 12.8. The van der Waals surface area contributed by atoms with E-state index < -0.39 is 5.97 Å². The Hall–Kier alpha value is -3.46. The van der Waals surface area contributed by atoms with Gasteiger partial charge in [0.15, 0.2) is 5.11 Å². The minimum Gasteiger partial charge on any atom is -0.465 e. The summed E-state index contributed by atoms with van der Waals surface area (Å²) in [7, 11) is 1.32. The van der Waals surface area contributed by atoms with Gasteiger partial charge in [-0.25, -0.2) is 4.79 Å². The van der Waals surface area contributed by atoms with E-state index in [4.69, 9.17) is 17.0 Å². The van der Waals surface area contributed by atoms with Crippen LogP contribution in [0, 0.1) is 5.92 Å². The molecule has 9 heteroatoms. The average Bonchev–Trinajstić information content (AvgIpc) is 2.83.